The first-order valence-corrected chi connectivity index (χ1v) is 12.5. The van der Waals surface area contributed by atoms with Gasteiger partial charge in [0.1, 0.15) is 17.1 Å². The summed E-state index contributed by atoms with van der Waals surface area (Å²) in [5.41, 5.74) is 1.76. The fourth-order valence-electron chi connectivity index (χ4n) is 6.17. The van der Waals surface area contributed by atoms with Crippen LogP contribution in [0.5, 0.6) is 11.5 Å². The molecular formula is C28H31NO9. The molecule has 2 aliphatic carbocycles. The van der Waals surface area contributed by atoms with Crippen LogP contribution in [0.1, 0.15) is 89.6 Å². The highest BCUT2D eigenvalue weighted by Crippen LogP contribution is 2.58. The van der Waals surface area contributed by atoms with Crippen LogP contribution >= 0.6 is 0 Å². The van der Waals surface area contributed by atoms with Crippen LogP contribution < -0.4 is 5.73 Å². The summed E-state index contributed by atoms with van der Waals surface area (Å²) < 4.78 is 11.9. The third-order valence-electron chi connectivity index (χ3n) is 8.47. The fourth-order valence-corrected chi connectivity index (χ4v) is 6.17. The minimum absolute atomic E-state index is 0.0198. The number of carbonyl (C=O) groups excluding carboxylic acids is 3. The Labute approximate surface area is 219 Å². The molecule has 0 bridgehead atoms. The molecule has 6 atom stereocenters. The van der Waals surface area contributed by atoms with Crippen LogP contribution in [-0.2, 0) is 19.7 Å². The van der Waals surface area contributed by atoms with E-state index in [9.17, 15) is 34.8 Å². The monoisotopic (exact) mass is 525 g/mol. The number of rotatable bonds is 3. The van der Waals surface area contributed by atoms with Crippen LogP contribution in [0.2, 0.25) is 0 Å². The van der Waals surface area contributed by atoms with Gasteiger partial charge in [-0.2, -0.15) is 0 Å². The maximum atomic E-state index is 13.5. The summed E-state index contributed by atoms with van der Waals surface area (Å²) in [5, 5.41) is 45.0. The lowest BCUT2D eigenvalue weighted by Gasteiger charge is -2.50. The predicted octanol–water partition coefficient (Wildman–Crippen LogP) is 1.76. The molecule has 6 unspecified atom stereocenters. The summed E-state index contributed by atoms with van der Waals surface area (Å²) >= 11 is 0. The van der Waals surface area contributed by atoms with Crippen LogP contribution in [-0.4, -0.2) is 67.9 Å². The van der Waals surface area contributed by atoms with Gasteiger partial charge in [-0.15, -0.1) is 0 Å². The van der Waals surface area contributed by atoms with Crippen molar-refractivity contribution in [1.29, 1.82) is 0 Å². The molecule has 10 heteroatoms. The molecule has 1 saturated heterocycles. The maximum Gasteiger partial charge on any atom is 0.198 e. The number of aliphatic hydroxyl groups is 2. The topological polar surface area (TPSA) is 177 Å². The van der Waals surface area contributed by atoms with E-state index in [0.717, 1.165) is 0 Å². The number of ketones is 3. The molecule has 2 aromatic carbocycles. The molecule has 1 fully saturated rings. The molecule has 0 saturated carbocycles. The highest BCUT2D eigenvalue weighted by Gasteiger charge is 2.58. The molecular weight excluding hydrogens is 494 g/mol. The maximum absolute atomic E-state index is 13.5. The van der Waals surface area contributed by atoms with Crippen molar-refractivity contribution in [2.24, 2.45) is 5.73 Å². The van der Waals surface area contributed by atoms with Crippen molar-refractivity contribution in [1.82, 2.24) is 0 Å². The summed E-state index contributed by atoms with van der Waals surface area (Å²) in [6, 6.07) is 5.41. The summed E-state index contributed by atoms with van der Waals surface area (Å²) in [4.78, 5) is 39.8. The van der Waals surface area contributed by atoms with Gasteiger partial charge in [0.2, 0.25) is 0 Å². The van der Waals surface area contributed by atoms with E-state index >= 15 is 0 Å². The number of hydrogen-bond acceptors (Lipinski definition) is 10. The molecule has 0 aromatic heterocycles. The number of nitrogens with two attached hydrogens (primary N) is 1. The largest absolute Gasteiger partial charge is 0.507 e. The van der Waals surface area contributed by atoms with Crippen LogP contribution in [0.3, 0.4) is 0 Å². The third kappa shape index (κ3) is 3.48. The summed E-state index contributed by atoms with van der Waals surface area (Å²) in [5.74, 6) is -3.11. The average molecular weight is 526 g/mol. The van der Waals surface area contributed by atoms with E-state index in [4.69, 9.17) is 15.2 Å². The van der Waals surface area contributed by atoms with Crippen molar-refractivity contribution < 1.29 is 44.3 Å². The zero-order chi connectivity index (χ0) is 27.9. The van der Waals surface area contributed by atoms with Crippen molar-refractivity contribution >= 4 is 17.3 Å². The lowest BCUT2D eigenvalue weighted by atomic mass is 9.58. The molecule has 202 valence electrons. The van der Waals surface area contributed by atoms with E-state index in [1.54, 1.807) is 19.1 Å². The smallest absolute Gasteiger partial charge is 0.198 e. The molecule has 10 nitrogen and oxygen atoms in total. The van der Waals surface area contributed by atoms with Crippen LogP contribution in [0.4, 0.5) is 0 Å². The summed E-state index contributed by atoms with van der Waals surface area (Å²) in [6.07, 6.45) is -4.11. The number of benzene rings is 2. The molecule has 6 N–H and O–H groups in total. The quantitative estimate of drug-likeness (QED) is 0.317. The van der Waals surface area contributed by atoms with Crippen molar-refractivity contribution in [2.75, 3.05) is 0 Å². The molecule has 38 heavy (non-hydrogen) atoms. The Morgan fingerprint density at radius 1 is 1.08 bits per heavy atom. The Bertz CT molecular complexity index is 1370. The van der Waals surface area contributed by atoms with Gasteiger partial charge in [0.05, 0.1) is 29.4 Å². The van der Waals surface area contributed by atoms with E-state index < -0.39 is 76.1 Å². The minimum Gasteiger partial charge on any atom is -0.507 e. The van der Waals surface area contributed by atoms with Crippen molar-refractivity contribution in [3.8, 4) is 11.5 Å². The molecule has 3 aliphatic rings. The van der Waals surface area contributed by atoms with Crippen LogP contribution in [0.25, 0.3) is 0 Å². The molecule has 0 spiro atoms. The summed E-state index contributed by atoms with van der Waals surface area (Å²) in [6.45, 7) is 5.86. The molecule has 0 radical (unpaired) electrons. The Kier molecular flexibility index (Phi) is 6.05. The molecule has 5 rings (SSSR count). The van der Waals surface area contributed by atoms with E-state index in [2.05, 4.69) is 0 Å². The van der Waals surface area contributed by atoms with Gasteiger partial charge in [0.25, 0.3) is 0 Å². The van der Waals surface area contributed by atoms with Gasteiger partial charge in [-0.25, -0.2) is 0 Å². The first kappa shape index (κ1) is 26.5. The number of hydrogen-bond donors (Lipinski definition) is 5. The zero-order valence-corrected chi connectivity index (χ0v) is 21.5. The van der Waals surface area contributed by atoms with Gasteiger partial charge >= 0.3 is 0 Å². The Morgan fingerprint density at radius 3 is 2.16 bits per heavy atom. The van der Waals surface area contributed by atoms with Gasteiger partial charge in [0.15, 0.2) is 23.6 Å². The number of aromatic hydroxyl groups is 2. The first-order chi connectivity index (χ1) is 17.7. The number of phenolic OH excluding ortho intramolecular Hbond substituents is 2. The second-order valence-corrected chi connectivity index (χ2v) is 11.0. The van der Waals surface area contributed by atoms with Gasteiger partial charge in [-0.1, -0.05) is 38.1 Å². The lowest BCUT2D eigenvalue weighted by molar-refractivity contribution is -0.249. The van der Waals surface area contributed by atoms with Crippen LogP contribution in [0.15, 0.2) is 24.3 Å². The third-order valence-corrected chi connectivity index (χ3v) is 8.47. The van der Waals surface area contributed by atoms with Crippen molar-refractivity contribution in [3.05, 3.63) is 57.6 Å². The van der Waals surface area contributed by atoms with Gasteiger partial charge in [-0.3, -0.25) is 14.4 Å². The number of fused-ring (bicyclic) bond motifs is 3. The van der Waals surface area contributed by atoms with Gasteiger partial charge in [0, 0.05) is 46.6 Å². The molecule has 1 heterocycles. The minimum atomic E-state index is -2.08. The predicted molar refractivity (Wildman–Crippen MR) is 133 cm³/mol. The number of aliphatic hydroxyl groups excluding tert-OH is 1. The fraction of sp³-hybridized carbons (Fsp3) is 0.464. The number of phenols is 2. The molecule has 0 amide bonds. The number of Topliss-reactive ketones (excluding diaryl/α,β-unsaturated/α-hetero) is 1. The lowest BCUT2D eigenvalue weighted by Crippen LogP contribution is -2.58. The zero-order valence-electron chi connectivity index (χ0n) is 21.5. The van der Waals surface area contributed by atoms with E-state index in [0.29, 0.717) is 0 Å². The van der Waals surface area contributed by atoms with E-state index in [-0.39, 0.29) is 40.7 Å². The number of carbonyl (C=O) groups is 3. The highest BCUT2D eigenvalue weighted by molar-refractivity contribution is 6.30. The first-order valence-electron chi connectivity index (χ1n) is 12.5. The Hall–Kier alpha value is -3.15. The van der Waals surface area contributed by atoms with Crippen molar-refractivity contribution in [3.63, 3.8) is 0 Å². The van der Waals surface area contributed by atoms with Gasteiger partial charge in [-0.05, 0) is 13.8 Å². The highest BCUT2D eigenvalue weighted by atomic mass is 16.7. The van der Waals surface area contributed by atoms with E-state index in [1.807, 2.05) is 0 Å². The average Bonchev–Trinajstić information content (AvgIpc) is 2.85. The van der Waals surface area contributed by atoms with Gasteiger partial charge < -0.3 is 35.6 Å². The number of ether oxygens (including phenoxy) is 2. The van der Waals surface area contributed by atoms with Crippen LogP contribution in [0, 0.1) is 0 Å². The Balaban J connectivity index is 1.74. The standard InChI is InChI=1S/C28H31NO9/c1-11-22(31)15(29)9-17(37-11)38-16-10-28(36,12(2)30)27(3,4)21-18(16)25(34)19-20(26(21)35)24(33)14-8-6-5-7-13(14)23(19)32/h5-8,11,15-17,22,31,34-36H,9-10,29H2,1-4H3. The molecule has 1 aliphatic heterocycles. The normalized spacial score (nSPS) is 31.8. The van der Waals surface area contributed by atoms with E-state index in [1.165, 1.54) is 32.9 Å². The van der Waals surface area contributed by atoms with Crippen molar-refractivity contribution in [2.45, 2.75) is 82.2 Å². The second-order valence-electron chi connectivity index (χ2n) is 11.0. The SMILES string of the molecule is CC(=O)C1(O)CC(OC2CC(N)C(O)C(C)O2)c2c(O)c3c(c(O)c2C1(C)C)C(=O)c1ccccc1C3=O. The summed E-state index contributed by atoms with van der Waals surface area (Å²) in [7, 11) is 0. The Morgan fingerprint density at radius 2 is 1.63 bits per heavy atom. The molecule has 2 aromatic rings. The second kappa shape index (κ2) is 8.69.